The van der Waals surface area contributed by atoms with E-state index < -0.39 is 6.03 Å². The summed E-state index contributed by atoms with van der Waals surface area (Å²) in [5.41, 5.74) is 7.97. The van der Waals surface area contributed by atoms with Crippen molar-refractivity contribution in [1.82, 2.24) is 10.2 Å². The monoisotopic (exact) mass is 381 g/mol. The first-order valence-corrected chi connectivity index (χ1v) is 9.59. The molecule has 0 aliphatic carbocycles. The number of methoxy groups -OCH3 is 1. The summed E-state index contributed by atoms with van der Waals surface area (Å²) in [6.45, 7) is 1.93. The zero-order valence-corrected chi connectivity index (χ0v) is 16.2. The van der Waals surface area contributed by atoms with Gasteiger partial charge in [0.05, 0.1) is 7.11 Å². The van der Waals surface area contributed by atoms with Crippen LogP contribution in [-0.4, -0.2) is 37.0 Å². The van der Waals surface area contributed by atoms with Crippen LogP contribution in [0.15, 0.2) is 48.5 Å². The van der Waals surface area contributed by atoms with Crippen molar-refractivity contribution in [3.05, 3.63) is 65.2 Å². The quantitative estimate of drug-likeness (QED) is 0.807. The van der Waals surface area contributed by atoms with Crippen LogP contribution in [0.3, 0.4) is 0 Å². The molecule has 0 bridgehead atoms. The first-order valence-electron chi connectivity index (χ1n) is 9.59. The predicted octanol–water partition coefficient (Wildman–Crippen LogP) is 2.96. The van der Waals surface area contributed by atoms with Gasteiger partial charge in [0.1, 0.15) is 5.75 Å². The van der Waals surface area contributed by atoms with Crippen molar-refractivity contribution < 1.29 is 14.3 Å². The summed E-state index contributed by atoms with van der Waals surface area (Å²) >= 11 is 0. The lowest BCUT2D eigenvalue weighted by atomic mass is 9.90. The molecule has 1 heterocycles. The minimum Gasteiger partial charge on any atom is -0.497 e. The number of benzene rings is 2. The highest BCUT2D eigenvalue weighted by Gasteiger charge is 2.23. The van der Waals surface area contributed by atoms with Crippen molar-refractivity contribution >= 4 is 11.9 Å². The Hall–Kier alpha value is -3.02. The van der Waals surface area contributed by atoms with Gasteiger partial charge >= 0.3 is 6.03 Å². The lowest BCUT2D eigenvalue weighted by Crippen LogP contribution is -2.38. The van der Waals surface area contributed by atoms with Gasteiger partial charge in [0.2, 0.25) is 0 Å². The van der Waals surface area contributed by atoms with E-state index in [9.17, 15) is 9.59 Å². The van der Waals surface area contributed by atoms with E-state index in [4.69, 9.17) is 10.5 Å². The Bertz CT molecular complexity index is 795. The Morgan fingerprint density at radius 2 is 1.64 bits per heavy atom. The van der Waals surface area contributed by atoms with Crippen LogP contribution in [0, 0.1) is 5.92 Å². The van der Waals surface area contributed by atoms with Crippen molar-refractivity contribution in [2.75, 3.05) is 20.2 Å². The Morgan fingerprint density at radius 1 is 1.04 bits per heavy atom. The molecule has 0 radical (unpaired) electrons. The van der Waals surface area contributed by atoms with E-state index in [1.54, 1.807) is 7.11 Å². The molecule has 0 aromatic heterocycles. The zero-order chi connectivity index (χ0) is 19.9. The van der Waals surface area contributed by atoms with Crippen LogP contribution >= 0.6 is 0 Å². The first kappa shape index (κ1) is 19.7. The number of likely N-dealkylation sites (tertiary alicyclic amines) is 1. The van der Waals surface area contributed by atoms with Crippen molar-refractivity contribution in [1.29, 1.82) is 0 Å². The molecule has 148 valence electrons. The van der Waals surface area contributed by atoms with Crippen LogP contribution in [0.5, 0.6) is 5.75 Å². The topological polar surface area (TPSA) is 84.7 Å². The van der Waals surface area contributed by atoms with Crippen LogP contribution < -0.4 is 15.8 Å². The molecule has 1 aliphatic rings. The number of primary amides is 1. The SMILES string of the molecule is COc1ccc(CC2CCN(C(=O)c3ccc(CNC(N)=O)cc3)CC2)cc1. The Morgan fingerprint density at radius 3 is 2.21 bits per heavy atom. The van der Waals surface area contributed by atoms with E-state index in [0.29, 0.717) is 18.0 Å². The summed E-state index contributed by atoms with van der Waals surface area (Å²) in [5, 5.41) is 2.54. The number of carbonyl (C=O) groups excluding carboxylic acids is 2. The second-order valence-electron chi connectivity index (χ2n) is 7.20. The third kappa shape index (κ3) is 5.25. The van der Waals surface area contributed by atoms with Gasteiger partial charge in [-0.25, -0.2) is 4.79 Å². The van der Waals surface area contributed by atoms with E-state index in [-0.39, 0.29) is 5.91 Å². The Labute approximate surface area is 165 Å². The number of hydrogen-bond donors (Lipinski definition) is 2. The number of hydrogen-bond acceptors (Lipinski definition) is 3. The van der Waals surface area contributed by atoms with Gasteiger partial charge in [-0.3, -0.25) is 4.79 Å². The second kappa shape index (κ2) is 9.26. The molecule has 6 nitrogen and oxygen atoms in total. The zero-order valence-electron chi connectivity index (χ0n) is 16.2. The molecule has 28 heavy (non-hydrogen) atoms. The molecule has 1 saturated heterocycles. The molecule has 2 aromatic rings. The van der Waals surface area contributed by atoms with E-state index in [1.165, 1.54) is 5.56 Å². The van der Waals surface area contributed by atoms with E-state index in [2.05, 4.69) is 17.4 Å². The fourth-order valence-corrected chi connectivity index (χ4v) is 3.57. The van der Waals surface area contributed by atoms with E-state index in [1.807, 2.05) is 41.3 Å². The molecular weight excluding hydrogens is 354 g/mol. The van der Waals surface area contributed by atoms with Gasteiger partial charge in [-0.2, -0.15) is 0 Å². The number of ether oxygens (including phenoxy) is 1. The number of rotatable bonds is 6. The number of piperidine rings is 1. The Kier molecular flexibility index (Phi) is 6.53. The molecular formula is C22H27N3O3. The van der Waals surface area contributed by atoms with Gasteiger partial charge in [0.25, 0.3) is 5.91 Å². The molecule has 0 saturated carbocycles. The largest absolute Gasteiger partial charge is 0.497 e. The predicted molar refractivity (Wildman–Crippen MR) is 108 cm³/mol. The van der Waals surface area contributed by atoms with Gasteiger partial charge in [-0.1, -0.05) is 24.3 Å². The molecule has 6 heteroatoms. The number of amides is 3. The van der Waals surface area contributed by atoms with Crippen molar-refractivity contribution in [3.8, 4) is 5.75 Å². The average Bonchev–Trinajstić information content (AvgIpc) is 2.73. The number of carbonyl (C=O) groups is 2. The lowest BCUT2D eigenvalue weighted by Gasteiger charge is -2.32. The van der Waals surface area contributed by atoms with Crippen LogP contribution in [0.25, 0.3) is 0 Å². The number of urea groups is 1. The smallest absolute Gasteiger partial charge is 0.312 e. The third-order valence-electron chi connectivity index (χ3n) is 5.25. The van der Waals surface area contributed by atoms with Gasteiger partial charge < -0.3 is 20.7 Å². The summed E-state index contributed by atoms with van der Waals surface area (Å²) < 4.78 is 5.20. The summed E-state index contributed by atoms with van der Waals surface area (Å²) in [6, 6.07) is 15.0. The van der Waals surface area contributed by atoms with Crippen LogP contribution in [0.1, 0.15) is 34.3 Å². The van der Waals surface area contributed by atoms with Crippen molar-refractivity contribution in [2.45, 2.75) is 25.8 Å². The lowest BCUT2D eigenvalue weighted by molar-refractivity contribution is 0.0690. The summed E-state index contributed by atoms with van der Waals surface area (Å²) in [6.07, 6.45) is 3.06. The normalized spacial score (nSPS) is 14.5. The number of nitrogens with one attached hydrogen (secondary N) is 1. The summed E-state index contributed by atoms with van der Waals surface area (Å²) in [5.74, 6) is 1.54. The fraction of sp³-hybridized carbons (Fsp3) is 0.364. The summed E-state index contributed by atoms with van der Waals surface area (Å²) in [7, 11) is 1.67. The van der Waals surface area contributed by atoms with Crippen molar-refractivity contribution in [3.63, 3.8) is 0 Å². The molecule has 0 atom stereocenters. The van der Waals surface area contributed by atoms with Gasteiger partial charge in [0.15, 0.2) is 0 Å². The van der Waals surface area contributed by atoms with Crippen LogP contribution in [0.4, 0.5) is 4.79 Å². The average molecular weight is 381 g/mol. The molecule has 0 unspecified atom stereocenters. The van der Waals surface area contributed by atoms with Gasteiger partial charge in [-0.15, -0.1) is 0 Å². The maximum Gasteiger partial charge on any atom is 0.312 e. The Balaban J connectivity index is 1.49. The maximum absolute atomic E-state index is 12.7. The summed E-state index contributed by atoms with van der Waals surface area (Å²) in [4.78, 5) is 25.4. The van der Waals surface area contributed by atoms with Gasteiger partial charge in [0, 0.05) is 25.2 Å². The van der Waals surface area contributed by atoms with Gasteiger partial charge in [-0.05, 0) is 60.6 Å². The molecule has 2 aromatic carbocycles. The highest BCUT2D eigenvalue weighted by atomic mass is 16.5. The molecule has 3 rings (SSSR count). The van der Waals surface area contributed by atoms with E-state index in [0.717, 1.165) is 43.7 Å². The standard InChI is InChI=1S/C22H27N3O3/c1-28-20-8-4-16(5-9-20)14-17-10-12-25(13-11-17)21(26)19-6-2-18(3-7-19)15-24-22(23)27/h2-9,17H,10-15H2,1H3,(H3,23,24,27). The number of nitrogens with two attached hydrogens (primary N) is 1. The molecule has 0 spiro atoms. The second-order valence-corrected chi connectivity index (χ2v) is 7.20. The molecule has 1 fully saturated rings. The molecule has 3 N–H and O–H groups in total. The fourth-order valence-electron chi connectivity index (χ4n) is 3.57. The van der Waals surface area contributed by atoms with Crippen LogP contribution in [0.2, 0.25) is 0 Å². The molecule has 3 amide bonds. The highest BCUT2D eigenvalue weighted by molar-refractivity contribution is 5.94. The third-order valence-corrected chi connectivity index (χ3v) is 5.25. The highest BCUT2D eigenvalue weighted by Crippen LogP contribution is 2.24. The molecule has 1 aliphatic heterocycles. The minimum absolute atomic E-state index is 0.0670. The number of nitrogens with zero attached hydrogens (tertiary/aromatic N) is 1. The van der Waals surface area contributed by atoms with Crippen LogP contribution in [-0.2, 0) is 13.0 Å². The van der Waals surface area contributed by atoms with E-state index >= 15 is 0 Å². The van der Waals surface area contributed by atoms with Crippen molar-refractivity contribution in [2.24, 2.45) is 11.7 Å². The first-order chi connectivity index (χ1) is 13.5. The maximum atomic E-state index is 12.7. The minimum atomic E-state index is -0.558.